The molecule has 3 rings (SSSR count). The number of nitrogens with zero attached hydrogens (tertiary/aromatic N) is 2. The lowest BCUT2D eigenvalue weighted by atomic mass is 10.1. The molecule has 6 nitrogen and oxygen atoms in total. The summed E-state index contributed by atoms with van der Waals surface area (Å²) < 4.78 is 5.60. The Morgan fingerprint density at radius 3 is 2.76 bits per heavy atom. The first-order valence-electron chi connectivity index (χ1n) is 8.93. The van der Waals surface area contributed by atoms with E-state index in [1.54, 1.807) is 12.5 Å². The van der Waals surface area contributed by atoms with Crippen LogP contribution in [0.4, 0.5) is 4.79 Å². The standard InChI is InChI=1S/C19H26N4O2/c1-15-7-8-16(12-20-15)13-21-19(24)22-14-17(18-6-5-11-25-18)23-9-3-2-4-10-23/h5-8,11-12,17H,2-4,9-10,13-14H2,1H3,(H2,21,22,24). The number of carbonyl (C=O) groups excluding carboxylic acids is 1. The van der Waals surface area contributed by atoms with Crippen LogP contribution in [0.3, 0.4) is 0 Å². The number of hydrogen-bond donors (Lipinski definition) is 2. The SMILES string of the molecule is Cc1ccc(CNC(=O)NCC(c2ccco2)N2CCCCC2)cn1. The molecule has 0 radical (unpaired) electrons. The van der Waals surface area contributed by atoms with Crippen molar-refractivity contribution in [2.75, 3.05) is 19.6 Å². The van der Waals surface area contributed by atoms with E-state index in [-0.39, 0.29) is 12.1 Å². The number of pyridine rings is 1. The average Bonchev–Trinajstić information content (AvgIpc) is 3.17. The number of carbonyl (C=O) groups is 1. The van der Waals surface area contributed by atoms with E-state index < -0.39 is 0 Å². The van der Waals surface area contributed by atoms with Crippen LogP contribution in [-0.2, 0) is 6.54 Å². The normalized spacial score (nSPS) is 16.4. The van der Waals surface area contributed by atoms with Gasteiger partial charge in [-0.3, -0.25) is 9.88 Å². The summed E-state index contributed by atoms with van der Waals surface area (Å²) in [5.74, 6) is 0.907. The first kappa shape index (κ1) is 17.5. The summed E-state index contributed by atoms with van der Waals surface area (Å²) in [6, 6.07) is 7.71. The number of furan rings is 1. The van der Waals surface area contributed by atoms with Crippen LogP contribution in [0.5, 0.6) is 0 Å². The van der Waals surface area contributed by atoms with Gasteiger partial charge in [0, 0.05) is 25.0 Å². The van der Waals surface area contributed by atoms with E-state index >= 15 is 0 Å². The fourth-order valence-corrected chi connectivity index (χ4v) is 3.16. The van der Waals surface area contributed by atoms with Crippen LogP contribution >= 0.6 is 0 Å². The van der Waals surface area contributed by atoms with E-state index in [9.17, 15) is 4.79 Å². The maximum atomic E-state index is 12.1. The van der Waals surface area contributed by atoms with Gasteiger partial charge in [-0.2, -0.15) is 0 Å². The monoisotopic (exact) mass is 342 g/mol. The summed E-state index contributed by atoms with van der Waals surface area (Å²) in [6.07, 6.45) is 7.15. The zero-order valence-corrected chi connectivity index (χ0v) is 14.7. The van der Waals surface area contributed by atoms with Crippen molar-refractivity contribution in [3.8, 4) is 0 Å². The van der Waals surface area contributed by atoms with Gasteiger partial charge in [-0.15, -0.1) is 0 Å². The van der Waals surface area contributed by atoms with Gasteiger partial charge >= 0.3 is 6.03 Å². The number of aryl methyl sites for hydroxylation is 1. The number of piperidine rings is 1. The molecule has 134 valence electrons. The lowest BCUT2D eigenvalue weighted by molar-refractivity contribution is 0.143. The third-order valence-corrected chi connectivity index (χ3v) is 4.58. The highest BCUT2D eigenvalue weighted by atomic mass is 16.3. The Balaban J connectivity index is 1.51. The smallest absolute Gasteiger partial charge is 0.315 e. The molecule has 2 aromatic heterocycles. The molecule has 0 bridgehead atoms. The molecule has 1 atom stereocenters. The second-order valence-corrected chi connectivity index (χ2v) is 6.50. The van der Waals surface area contributed by atoms with Gasteiger partial charge in [0.1, 0.15) is 5.76 Å². The van der Waals surface area contributed by atoms with Crippen molar-refractivity contribution in [2.45, 2.75) is 38.8 Å². The Morgan fingerprint density at radius 1 is 1.24 bits per heavy atom. The Bertz CT molecular complexity index is 649. The minimum absolute atomic E-state index is 0.0853. The van der Waals surface area contributed by atoms with E-state index in [2.05, 4.69) is 20.5 Å². The molecule has 0 saturated carbocycles. The van der Waals surface area contributed by atoms with E-state index in [4.69, 9.17) is 4.42 Å². The minimum atomic E-state index is -0.172. The molecule has 6 heteroatoms. The highest BCUT2D eigenvalue weighted by Gasteiger charge is 2.24. The zero-order chi connectivity index (χ0) is 17.5. The average molecular weight is 342 g/mol. The largest absolute Gasteiger partial charge is 0.468 e. The van der Waals surface area contributed by atoms with Crippen LogP contribution in [0.1, 0.15) is 42.3 Å². The van der Waals surface area contributed by atoms with E-state index in [0.29, 0.717) is 13.1 Å². The number of nitrogens with one attached hydrogen (secondary N) is 2. The highest BCUT2D eigenvalue weighted by molar-refractivity contribution is 5.73. The van der Waals surface area contributed by atoms with Crippen LogP contribution in [0.15, 0.2) is 41.1 Å². The van der Waals surface area contributed by atoms with Crippen molar-refractivity contribution < 1.29 is 9.21 Å². The lowest BCUT2D eigenvalue weighted by Gasteiger charge is -2.33. The van der Waals surface area contributed by atoms with Crippen LogP contribution in [0, 0.1) is 6.92 Å². The molecule has 2 aromatic rings. The summed E-state index contributed by atoms with van der Waals surface area (Å²) >= 11 is 0. The topological polar surface area (TPSA) is 70.4 Å². The third-order valence-electron chi connectivity index (χ3n) is 4.58. The summed E-state index contributed by atoms with van der Waals surface area (Å²) in [6.45, 7) is 5.03. The van der Waals surface area contributed by atoms with Gasteiger partial charge in [-0.1, -0.05) is 12.5 Å². The molecule has 0 spiro atoms. The fraction of sp³-hybridized carbons (Fsp3) is 0.474. The van der Waals surface area contributed by atoms with Crippen molar-refractivity contribution in [1.29, 1.82) is 0 Å². The van der Waals surface area contributed by atoms with Crippen molar-refractivity contribution in [2.24, 2.45) is 0 Å². The Hall–Kier alpha value is -2.34. The van der Waals surface area contributed by atoms with Crippen molar-refractivity contribution in [3.63, 3.8) is 0 Å². The summed E-state index contributed by atoms with van der Waals surface area (Å²) in [7, 11) is 0. The molecule has 0 aromatic carbocycles. The molecule has 3 heterocycles. The number of aromatic nitrogens is 1. The summed E-state index contributed by atoms with van der Waals surface area (Å²) in [5, 5.41) is 5.86. The van der Waals surface area contributed by atoms with Crippen LogP contribution in [0.2, 0.25) is 0 Å². The van der Waals surface area contributed by atoms with Crippen molar-refractivity contribution >= 4 is 6.03 Å². The number of hydrogen-bond acceptors (Lipinski definition) is 4. The Labute approximate surface area is 148 Å². The number of rotatable bonds is 6. The third kappa shape index (κ3) is 5.06. The molecule has 1 fully saturated rings. The fourth-order valence-electron chi connectivity index (χ4n) is 3.16. The second-order valence-electron chi connectivity index (χ2n) is 6.50. The van der Waals surface area contributed by atoms with Gasteiger partial charge in [0.15, 0.2) is 0 Å². The molecule has 2 N–H and O–H groups in total. The Morgan fingerprint density at radius 2 is 2.08 bits per heavy atom. The number of likely N-dealkylation sites (tertiary alicyclic amines) is 1. The van der Waals surface area contributed by atoms with Gasteiger partial charge in [-0.25, -0.2) is 4.79 Å². The number of urea groups is 1. The maximum Gasteiger partial charge on any atom is 0.315 e. The second kappa shape index (κ2) is 8.67. The van der Waals surface area contributed by atoms with Crippen molar-refractivity contribution in [3.05, 3.63) is 53.7 Å². The summed E-state index contributed by atoms with van der Waals surface area (Å²) in [5.41, 5.74) is 1.95. The Kier molecular flexibility index (Phi) is 6.06. The first-order valence-corrected chi connectivity index (χ1v) is 8.93. The minimum Gasteiger partial charge on any atom is -0.468 e. The van der Waals surface area contributed by atoms with E-state index in [0.717, 1.165) is 30.1 Å². The predicted octanol–water partition coefficient (Wildman–Crippen LogP) is 3.01. The molecular formula is C19H26N4O2. The molecule has 1 unspecified atom stereocenters. The van der Waals surface area contributed by atoms with Gasteiger partial charge in [0.25, 0.3) is 0 Å². The molecular weight excluding hydrogens is 316 g/mol. The maximum absolute atomic E-state index is 12.1. The molecule has 1 aliphatic heterocycles. The molecule has 25 heavy (non-hydrogen) atoms. The molecule has 2 amide bonds. The number of amides is 2. The lowest BCUT2D eigenvalue weighted by Crippen LogP contribution is -2.43. The zero-order valence-electron chi connectivity index (χ0n) is 14.7. The van der Waals surface area contributed by atoms with E-state index in [1.165, 1.54) is 19.3 Å². The van der Waals surface area contributed by atoms with Gasteiger partial charge in [0.2, 0.25) is 0 Å². The van der Waals surface area contributed by atoms with E-state index in [1.807, 2.05) is 31.2 Å². The van der Waals surface area contributed by atoms with Crippen LogP contribution in [-0.4, -0.2) is 35.5 Å². The van der Waals surface area contributed by atoms with Gasteiger partial charge in [0.05, 0.1) is 12.3 Å². The quantitative estimate of drug-likeness (QED) is 0.847. The molecule has 1 aliphatic rings. The van der Waals surface area contributed by atoms with Gasteiger partial charge < -0.3 is 15.1 Å². The molecule has 1 saturated heterocycles. The van der Waals surface area contributed by atoms with Crippen LogP contribution in [0.25, 0.3) is 0 Å². The van der Waals surface area contributed by atoms with Crippen LogP contribution < -0.4 is 10.6 Å². The molecule has 0 aliphatic carbocycles. The van der Waals surface area contributed by atoms with Gasteiger partial charge in [-0.05, 0) is 56.6 Å². The summed E-state index contributed by atoms with van der Waals surface area (Å²) in [4.78, 5) is 18.8. The first-order chi connectivity index (χ1) is 12.2. The highest BCUT2D eigenvalue weighted by Crippen LogP contribution is 2.24. The predicted molar refractivity (Wildman–Crippen MR) is 96.1 cm³/mol. The van der Waals surface area contributed by atoms with Crippen molar-refractivity contribution in [1.82, 2.24) is 20.5 Å².